The highest BCUT2D eigenvalue weighted by molar-refractivity contribution is 7.09. The average molecular weight is 282 g/mol. The van der Waals surface area contributed by atoms with Crippen LogP contribution in [0.2, 0.25) is 0 Å². The number of likely N-dealkylation sites (tertiary alicyclic amines) is 1. The summed E-state index contributed by atoms with van der Waals surface area (Å²) in [6, 6.07) is 4.02. The number of aliphatic hydroxyl groups is 1. The number of rotatable bonds is 5. The molecule has 5 heteroatoms. The molecular formula is C14H22N2O2S. The highest BCUT2D eigenvalue weighted by atomic mass is 32.1. The lowest BCUT2D eigenvalue weighted by Gasteiger charge is -2.33. The van der Waals surface area contributed by atoms with Gasteiger partial charge in [0.15, 0.2) is 0 Å². The van der Waals surface area contributed by atoms with Gasteiger partial charge in [0.1, 0.15) is 0 Å². The van der Waals surface area contributed by atoms with E-state index in [0.29, 0.717) is 6.54 Å². The van der Waals surface area contributed by atoms with Crippen LogP contribution in [0.5, 0.6) is 0 Å². The van der Waals surface area contributed by atoms with E-state index >= 15 is 0 Å². The second-order valence-corrected chi connectivity index (χ2v) is 6.10. The Balaban J connectivity index is 1.70. The monoisotopic (exact) mass is 282 g/mol. The first-order chi connectivity index (χ1) is 9.16. The zero-order valence-corrected chi connectivity index (χ0v) is 12.2. The molecule has 1 atom stereocenters. The molecule has 0 radical (unpaired) electrons. The summed E-state index contributed by atoms with van der Waals surface area (Å²) in [6.07, 6.45) is 2.25. The third-order valence-corrected chi connectivity index (χ3v) is 4.61. The number of nitrogens with zero attached hydrogens (tertiary/aromatic N) is 1. The summed E-state index contributed by atoms with van der Waals surface area (Å²) in [5.74, 6) is 0.0907. The molecule has 0 bridgehead atoms. The number of thiophene rings is 1. The van der Waals surface area contributed by atoms with Crippen molar-refractivity contribution in [2.24, 2.45) is 0 Å². The molecule has 1 aliphatic heterocycles. The summed E-state index contributed by atoms with van der Waals surface area (Å²) in [5, 5.41) is 14.5. The van der Waals surface area contributed by atoms with Gasteiger partial charge in [0.2, 0.25) is 5.91 Å². The van der Waals surface area contributed by atoms with Crippen LogP contribution in [0.1, 0.15) is 24.6 Å². The van der Waals surface area contributed by atoms with Crippen LogP contribution in [-0.4, -0.2) is 47.7 Å². The highest BCUT2D eigenvalue weighted by Gasteiger charge is 2.25. The van der Waals surface area contributed by atoms with E-state index in [1.54, 1.807) is 11.3 Å². The van der Waals surface area contributed by atoms with Gasteiger partial charge in [-0.05, 0) is 37.6 Å². The Morgan fingerprint density at radius 2 is 2.32 bits per heavy atom. The van der Waals surface area contributed by atoms with Gasteiger partial charge in [0, 0.05) is 24.5 Å². The molecular weight excluding hydrogens is 260 g/mol. The number of nitrogens with one attached hydrogen (secondary N) is 1. The van der Waals surface area contributed by atoms with E-state index in [1.165, 1.54) is 4.88 Å². The lowest BCUT2D eigenvalue weighted by atomic mass is 10.1. The smallest absolute Gasteiger partial charge is 0.237 e. The molecule has 2 heterocycles. The fourth-order valence-corrected chi connectivity index (χ4v) is 3.06. The van der Waals surface area contributed by atoms with Gasteiger partial charge in [-0.25, -0.2) is 0 Å². The van der Waals surface area contributed by atoms with Crippen molar-refractivity contribution in [2.75, 3.05) is 19.6 Å². The van der Waals surface area contributed by atoms with Crippen molar-refractivity contribution in [3.05, 3.63) is 22.4 Å². The van der Waals surface area contributed by atoms with Gasteiger partial charge in [-0.1, -0.05) is 6.07 Å². The summed E-state index contributed by atoms with van der Waals surface area (Å²) in [5.41, 5.74) is 0. The van der Waals surface area contributed by atoms with Crippen LogP contribution in [-0.2, 0) is 11.2 Å². The lowest BCUT2D eigenvalue weighted by Crippen LogP contribution is -2.49. The number of hydrogen-bond donors (Lipinski definition) is 2. The van der Waals surface area contributed by atoms with Crippen LogP contribution in [0.4, 0.5) is 0 Å². The van der Waals surface area contributed by atoms with Gasteiger partial charge in [-0.15, -0.1) is 11.3 Å². The van der Waals surface area contributed by atoms with Crippen molar-refractivity contribution in [2.45, 2.75) is 38.3 Å². The molecule has 19 heavy (non-hydrogen) atoms. The number of amides is 1. The second-order valence-electron chi connectivity index (χ2n) is 5.06. The Morgan fingerprint density at radius 3 is 2.95 bits per heavy atom. The molecule has 0 aromatic carbocycles. The van der Waals surface area contributed by atoms with E-state index in [4.69, 9.17) is 0 Å². The van der Waals surface area contributed by atoms with Crippen LogP contribution >= 0.6 is 11.3 Å². The molecule has 0 saturated carbocycles. The maximum atomic E-state index is 12.0. The molecule has 4 nitrogen and oxygen atoms in total. The average Bonchev–Trinajstić information content (AvgIpc) is 2.92. The molecule has 1 fully saturated rings. The van der Waals surface area contributed by atoms with Crippen LogP contribution in [0, 0.1) is 0 Å². The minimum Gasteiger partial charge on any atom is -0.393 e. The fraction of sp³-hybridized carbons (Fsp3) is 0.643. The first-order valence-electron chi connectivity index (χ1n) is 6.89. The van der Waals surface area contributed by atoms with Crippen LogP contribution in [0.15, 0.2) is 17.5 Å². The van der Waals surface area contributed by atoms with E-state index < -0.39 is 0 Å². The van der Waals surface area contributed by atoms with Gasteiger partial charge in [-0.3, -0.25) is 9.69 Å². The van der Waals surface area contributed by atoms with Crippen molar-refractivity contribution >= 4 is 17.2 Å². The van der Waals surface area contributed by atoms with E-state index in [2.05, 4.69) is 21.7 Å². The van der Waals surface area contributed by atoms with Gasteiger partial charge in [0.25, 0.3) is 0 Å². The molecule has 2 rings (SSSR count). The Morgan fingerprint density at radius 1 is 1.58 bits per heavy atom. The molecule has 2 N–H and O–H groups in total. The van der Waals surface area contributed by atoms with E-state index in [0.717, 1.165) is 32.4 Å². The van der Waals surface area contributed by atoms with Gasteiger partial charge in [-0.2, -0.15) is 0 Å². The Bertz CT molecular complexity index is 386. The lowest BCUT2D eigenvalue weighted by molar-refractivity contribution is -0.126. The topological polar surface area (TPSA) is 52.6 Å². The number of carbonyl (C=O) groups excluding carboxylic acids is 1. The third-order valence-electron chi connectivity index (χ3n) is 3.68. The largest absolute Gasteiger partial charge is 0.393 e. The normalized spacial score (nSPS) is 19.3. The Labute approximate surface area is 118 Å². The van der Waals surface area contributed by atoms with Crippen molar-refractivity contribution in [1.29, 1.82) is 0 Å². The summed E-state index contributed by atoms with van der Waals surface area (Å²) >= 11 is 1.72. The summed E-state index contributed by atoms with van der Waals surface area (Å²) < 4.78 is 0. The van der Waals surface area contributed by atoms with Crippen LogP contribution in [0.3, 0.4) is 0 Å². The molecule has 1 aromatic heterocycles. The predicted molar refractivity (Wildman–Crippen MR) is 77.3 cm³/mol. The molecule has 0 spiro atoms. The fourth-order valence-electron chi connectivity index (χ4n) is 2.35. The van der Waals surface area contributed by atoms with Crippen molar-refractivity contribution in [3.63, 3.8) is 0 Å². The first-order valence-corrected chi connectivity index (χ1v) is 7.77. The number of carbonyl (C=O) groups is 1. The van der Waals surface area contributed by atoms with E-state index in [1.807, 2.05) is 13.0 Å². The summed E-state index contributed by atoms with van der Waals surface area (Å²) in [6.45, 7) is 4.25. The van der Waals surface area contributed by atoms with Crippen LogP contribution < -0.4 is 5.32 Å². The van der Waals surface area contributed by atoms with Crippen LogP contribution in [0.25, 0.3) is 0 Å². The molecule has 1 aromatic rings. The van der Waals surface area contributed by atoms with Gasteiger partial charge in [0.05, 0.1) is 12.1 Å². The quantitative estimate of drug-likeness (QED) is 0.854. The second kappa shape index (κ2) is 7.03. The molecule has 1 aliphatic rings. The van der Waals surface area contributed by atoms with Crippen molar-refractivity contribution in [3.8, 4) is 0 Å². The summed E-state index contributed by atoms with van der Waals surface area (Å²) in [4.78, 5) is 15.5. The van der Waals surface area contributed by atoms with Crippen molar-refractivity contribution in [1.82, 2.24) is 10.2 Å². The molecule has 0 aliphatic carbocycles. The number of aliphatic hydroxyl groups excluding tert-OH is 1. The predicted octanol–water partition coefficient (Wildman–Crippen LogP) is 1.25. The highest BCUT2D eigenvalue weighted by Crippen LogP contribution is 2.13. The van der Waals surface area contributed by atoms with Crippen molar-refractivity contribution < 1.29 is 9.90 Å². The molecule has 1 saturated heterocycles. The third kappa shape index (κ3) is 4.30. The minimum atomic E-state index is -0.190. The standard InChI is InChI=1S/C14H22N2O2S/c1-11(16-8-5-12(17)6-9-16)14(18)15-7-4-13-3-2-10-19-13/h2-3,10-12,17H,4-9H2,1H3,(H,15,18). The SMILES string of the molecule is CC(C(=O)NCCc1cccs1)N1CCC(O)CC1. The minimum absolute atomic E-state index is 0.0907. The Hall–Kier alpha value is -0.910. The first kappa shape index (κ1) is 14.5. The number of hydrogen-bond acceptors (Lipinski definition) is 4. The molecule has 1 unspecified atom stereocenters. The molecule has 1 amide bonds. The zero-order chi connectivity index (χ0) is 13.7. The number of piperidine rings is 1. The van der Waals surface area contributed by atoms with E-state index in [9.17, 15) is 9.90 Å². The molecule has 106 valence electrons. The van der Waals surface area contributed by atoms with Gasteiger partial charge < -0.3 is 10.4 Å². The zero-order valence-electron chi connectivity index (χ0n) is 11.3. The maximum absolute atomic E-state index is 12.0. The Kier molecular flexibility index (Phi) is 5.36. The summed E-state index contributed by atoms with van der Waals surface area (Å²) in [7, 11) is 0. The van der Waals surface area contributed by atoms with Gasteiger partial charge >= 0.3 is 0 Å². The van der Waals surface area contributed by atoms with E-state index in [-0.39, 0.29) is 18.1 Å². The maximum Gasteiger partial charge on any atom is 0.237 e.